The molecule has 3 N–H and O–H groups in total. The maximum Gasteiger partial charge on any atom is 0.248 e. The van der Waals surface area contributed by atoms with E-state index in [1.807, 2.05) is 32.0 Å². The van der Waals surface area contributed by atoms with Gasteiger partial charge in [-0.1, -0.05) is 12.1 Å². The van der Waals surface area contributed by atoms with E-state index in [0.717, 1.165) is 29.7 Å². The summed E-state index contributed by atoms with van der Waals surface area (Å²) >= 11 is 1.65. The predicted octanol–water partition coefficient (Wildman–Crippen LogP) is 1.85. The van der Waals surface area contributed by atoms with E-state index in [2.05, 4.69) is 17.6 Å². The van der Waals surface area contributed by atoms with Crippen LogP contribution in [0.4, 0.5) is 5.69 Å². The summed E-state index contributed by atoms with van der Waals surface area (Å²) in [6.07, 6.45) is 1.91. The second-order valence-corrected chi connectivity index (χ2v) is 11.2. The van der Waals surface area contributed by atoms with Gasteiger partial charge in [0.05, 0.1) is 16.6 Å². The van der Waals surface area contributed by atoms with Gasteiger partial charge < -0.3 is 20.6 Å². The topological polar surface area (TPSA) is 98.7 Å². The number of aliphatic hydroxyl groups is 1. The SMILES string of the molecule is CNC(=O)[C@@H]1[C@H]2C(=O)N(CCCO)C(C(=O)Nc3cc(C)ccc3C)C23CC[C@@]1(C)S3. The van der Waals surface area contributed by atoms with Crippen molar-refractivity contribution < 1.29 is 19.5 Å². The summed E-state index contributed by atoms with van der Waals surface area (Å²) in [7, 11) is 1.60. The molecule has 3 heterocycles. The molecule has 3 aliphatic rings. The molecule has 5 atom stereocenters. The van der Waals surface area contributed by atoms with Crippen molar-refractivity contribution in [2.24, 2.45) is 11.8 Å². The largest absolute Gasteiger partial charge is 0.396 e. The lowest BCUT2D eigenvalue weighted by Crippen LogP contribution is -2.52. The number of carbonyl (C=O) groups is 3. The fraction of sp³-hybridized carbons (Fsp3) is 0.609. The molecule has 7 nitrogen and oxygen atoms in total. The molecule has 4 rings (SSSR count). The molecule has 3 saturated heterocycles. The standard InChI is InChI=1S/C23H31N3O4S/c1-13-6-7-14(2)15(12-13)25-20(29)18-23-9-8-22(3,31-23)16(19(28)24-4)17(23)21(30)26(18)10-5-11-27/h6-7,12,16-18,27H,5,8-11H2,1-4H3,(H,24,28)(H,25,29)/t16-,17-,18?,22+,23?/m0/s1. The number of amides is 3. The molecule has 3 aliphatic heterocycles. The van der Waals surface area contributed by atoms with E-state index in [0.29, 0.717) is 13.0 Å². The lowest BCUT2D eigenvalue weighted by molar-refractivity contribution is -0.140. The Morgan fingerprint density at radius 3 is 2.68 bits per heavy atom. The van der Waals surface area contributed by atoms with Crippen LogP contribution in [-0.2, 0) is 14.4 Å². The lowest BCUT2D eigenvalue weighted by atomic mass is 9.66. The number of aliphatic hydroxyl groups excluding tert-OH is 1. The molecule has 1 aromatic carbocycles. The minimum atomic E-state index is -0.669. The average Bonchev–Trinajstić information content (AvgIpc) is 3.29. The number of hydrogen-bond donors (Lipinski definition) is 3. The second kappa shape index (κ2) is 7.81. The first kappa shape index (κ1) is 22.1. The molecule has 0 aromatic heterocycles. The Hall–Kier alpha value is -2.06. The molecule has 0 aliphatic carbocycles. The van der Waals surface area contributed by atoms with Crippen LogP contribution in [0.2, 0.25) is 0 Å². The molecule has 8 heteroatoms. The van der Waals surface area contributed by atoms with E-state index in [9.17, 15) is 19.5 Å². The smallest absolute Gasteiger partial charge is 0.248 e. The molecular formula is C23H31N3O4S. The summed E-state index contributed by atoms with van der Waals surface area (Å²) in [5.74, 6) is -1.47. The number of aryl methyl sites for hydroxylation is 2. The number of thioether (sulfide) groups is 1. The zero-order valence-electron chi connectivity index (χ0n) is 18.5. The molecular weight excluding hydrogens is 414 g/mol. The van der Waals surface area contributed by atoms with E-state index in [4.69, 9.17) is 0 Å². The van der Waals surface area contributed by atoms with Gasteiger partial charge in [-0.2, -0.15) is 0 Å². The van der Waals surface area contributed by atoms with Gasteiger partial charge in [-0.05, 0) is 57.2 Å². The third kappa shape index (κ3) is 3.26. The van der Waals surface area contributed by atoms with Crippen molar-refractivity contribution in [3.8, 4) is 0 Å². The Morgan fingerprint density at radius 1 is 1.26 bits per heavy atom. The molecule has 2 unspecified atom stereocenters. The average molecular weight is 446 g/mol. The molecule has 3 fully saturated rings. The van der Waals surface area contributed by atoms with Gasteiger partial charge in [-0.3, -0.25) is 14.4 Å². The van der Waals surface area contributed by atoms with Crippen LogP contribution in [0.3, 0.4) is 0 Å². The van der Waals surface area contributed by atoms with Crippen molar-refractivity contribution in [1.29, 1.82) is 0 Å². The molecule has 1 spiro atoms. The maximum absolute atomic E-state index is 13.7. The lowest BCUT2D eigenvalue weighted by Gasteiger charge is -2.34. The summed E-state index contributed by atoms with van der Waals surface area (Å²) in [5.41, 5.74) is 2.74. The van der Waals surface area contributed by atoms with Crippen molar-refractivity contribution in [2.75, 3.05) is 25.5 Å². The number of rotatable bonds is 6. The number of nitrogens with one attached hydrogen (secondary N) is 2. The highest BCUT2D eigenvalue weighted by Crippen LogP contribution is 2.71. The Bertz CT molecular complexity index is 937. The van der Waals surface area contributed by atoms with Gasteiger partial charge in [0.2, 0.25) is 17.7 Å². The number of anilines is 1. The number of hydrogen-bond acceptors (Lipinski definition) is 5. The van der Waals surface area contributed by atoms with Crippen molar-refractivity contribution >= 4 is 35.2 Å². The molecule has 31 heavy (non-hydrogen) atoms. The van der Waals surface area contributed by atoms with Crippen molar-refractivity contribution in [3.05, 3.63) is 29.3 Å². The van der Waals surface area contributed by atoms with Crippen LogP contribution < -0.4 is 10.6 Å². The van der Waals surface area contributed by atoms with E-state index < -0.39 is 22.6 Å². The fourth-order valence-electron chi connectivity index (χ4n) is 5.84. The van der Waals surface area contributed by atoms with Gasteiger partial charge in [0, 0.05) is 30.6 Å². The van der Waals surface area contributed by atoms with Crippen LogP contribution in [0.1, 0.15) is 37.3 Å². The van der Waals surface area contributed by atoms with Gasteiger partial charge in [0.1, 0.15) is 6.04 Å². The van der Waals surface area contributed by atoms with Crippen LogP contribution in [0.5, 0.6) is 0 Å². The van der Waals surface area contributed by atoms with Crippen LogP contribution in [-0.4, -0.2) is 63.5 Å². The van der Waals surface area contributed by atoms with Crippen molar-refractivity contribution in [3.63, 3.8) is 0 Å². The number of carbonyl (C=O) groups excluding carboxylic acids is 3. The predicted molar refractivity (Wildman–Crippen MR) is 121 cm³/mol. The van der Waals surface area contributed by atoms with Gasteiger partial charge >= 0.3 is 0 Å². The first-order valence-electron chi connectivity index (χ1n) is 10.9. The number of nitrogens with zero attached hydrogens (tertiary/aromatic N) is 1. The highest BCUT2D eigenvalue weighted by molar-refractivity contribution is 8.02. The zero-order valence-corrected chi connectivity index (χ0v) is 19.3. The van der Waals surface area contributed by atoms with E-state index in [1.165, 1.54) is 0 Å². The summed E-state index contributed by atoms with van der Waals surface area (Å²) < 4.78 is -0.985. The highest BCUT2D eigenvalue weighted by Gasteiger charge is 2.76. The van der Waals surface area contributed by atoms with Gasteiger partial charge in [-0.25, -0.2) is 0 Å². The van der Waals surface area contributed by atoms with Crippen molar-refractivity contribution in [2.45, 2.75) is 55.6 Å². The Kier molecular flexibility index (Phi) is 5.58. The molecule has 168 valence electrons. The van der Waals surface area contributed by atoms with Crippen LogP contribution in [0.25, 0.3) is 0 Å². The first-order chi connectivity index (χ1) is 14.7. The zero-order chi connectivity index (χ0) is 22.6. The Morgan fingerprint density at radius 2 is 2.00 bits per heavy atom. The number of likely N-dealkylation sites (tertiary alicyclic amines) is 1. The van der Waals surface area contributed by atoms with Gasteiger partial charge in [0.25, 0.3) is 0 Å². The van der Waals surface area contributed by atoms with Crippen LogP contribution in [0, 0.1) is 25.7 Å². The third-order valence-electron chi connectivity index (χ3n) is 7.26. The summed E-state index contributed by atoms with van der Waals surface area (Å²) in [6.45, 7) is 6.21. The van der Waals surface area contributed by atoms with Crippen LogP contribution in [0.15, 0.2) is 18.2 Å². The quantitative estimate of drug-likeness (QED) is 0.621. The van der Waals surface area contributed by atoms with E-state index in [-0.39, 0.29) is 29.1 Å². The Labute approximate surface area is 187 Å². The molecule has 3 amide bonds. The van der Waals surface area contributed by atoms with E-state index >= 15 is 0 Å². The molecule has 2 bridgehead atoms. The molecule has 0 radical (unpaired) electrons. The van der Waals surface area contributed by atoms with E-state index in [1.54, 1.807) is 23.7 Å². The fourth-order valence-corrected chi connectivity index (χ4v) is 8.19. The third-order valence-corrected chi connectivity index (χ3v) is 9.25. The van der Waals surface area contributed by atoms with Crippen molar-refractivity contribution in [1.82, 2.24) is 10.2 Å². The summed E-state index contributed by atoms with van der Waals surface area (Å²) in [4.78, 5) is 41.8. The first-order valence-corrected chi connectivity index (χ1v) is 11.7. The molecule has 0 saturated carbocycles. The highest BCUT2D eigenvalue weighted by atomic mass is 32.2. The second-order valence-electron chi connectivity index (χ2n) is 9.26. The van der Waals surface area contributed by atoms with Crippen LogP contribution >= 0.6 is 11.8 Å². The Balaban J connectivity index is 1.74. The minimum absolute atomic E-state index is 0.0590. The van der Waals surface area contributed by atoms with Gasteiger partial charge in [-0.15, -0.1) is 11.8 Å². The molecule has 1 aromatic rings. The maximum atomic E-state index is 13.7. The van der Waals surface area contributed by atoms with Gasteiger partial charge in [0.15, 0.2) is 0 Å². The normalized spacial score (nSPS) is 33.5. The minimum Gasteiger partial charge on any atom is -0.396 e. The summed E-state index contributed by atoms with van der Waals surface area (Å²) in [5, 5.41) is 15.2. The monoisotopic (exact) mass is 445 g/mol. The number of fused-ring (bicyclic) bond motifs is 1. The number of benzene rings is 1. The summed E-state index contributed by atoms with van der Waals surface area (Å²) in [6, 6.07) is 5.23.